The molecule has 0 bridgehead atoms. The van der Waals surface area contributed by atoms with E-state index in [0.29, 0.717) is 34.3 Å². The number of carbonyl (C=O) groups is 2. The average molecular weight is 780 g/mol. The van der Waals surface area contributed by atoms with Crippen LogP contribution < -0.4 is 10.6 Å². The Balaban J connectivity index is 0.000000172. The number of fused-ring (bicyclic) bond motifs is 2. The zero-order valence-corrected chi connectivity index (χ0v) is 33.0. The molecule has 0 aliphatic carbocycles. The fourth-order valence-corrected chi connectivity index (χ4v) is 6.89. The molecule has 2 N–H and O–H groups in total. The number of benzene rings is 6. The van der Waals surface area contributed by atoms with Crippen LogP contribution >= 0.6 is 23.2 Å². The quantitative estimate of drug-likeness (QED) is 0.161. The van der Waals surface area contributed by atoms with Crippen LogP contribution in [0.4, 0.5) is 0 Å². The molecule has 2 aromatic heterocycles. The van der Waals surface area contributed by atoms with E-state index in [1.54, 1.807) is 12.7 Å². The third-order valence-electron chi connectivity index (χ3n) is 9.66. The average Bonchev–Trinajstić information content (AvgIpc) is 3.83. The van der Waals surface area contributed by atoms with E-state index in [4.69, 9.17) is 23.2 Å². The van der Waals surface area contributed by atoms with Crippen molar-refractivity contribution in [3.8, 4) is 11.4 Å². The Bertz CT molecular complexity index is 2550. The third kappa shape index (κ3) is 8.37. The van der Waals surface area contributed by atoms with Crippen molar-refractivity contribution in [1.82, 2.24) is 29.7 Å². The lowest BCUT2D eigenvalue weighted by Crippen LogP contribution is -2.22. The molecule has 2 heterocycles. The minimum Gasteiger partial charge on any atom is -0.348 e. The summed E-state index contributed by atoms with van der Waals surface area (Å²) in [6, 6.07) is 38.8. The lowest BCUT2D eigenvalue weighted by atomic mass is 10.1. The molecule has 8 nitrogen and oxygen atoms in total. The first-order valence-electron chi connectivity index (χ1n) is 18.2. The number of rotatable bonds is 8. The van der Waals surface area contributed by atoms with Crippen molar-refractivity contribution in [2.45, 2.75) is 40.8 Å². The second kappa shape index (κ2) is 16.7. The van der Waals surface area contributed by atoms with Crippen LogP contribution in [0, 0.1) is 27.7 Å². The van der Waals surface area contributed by atoms with Crippen LogP contribution in [-0.4, -0.2) is 30.9 Å². The molecule has 8 aromatic rings. The number of aryl methyl sites for hydroxylation is 4. The van der Waals surface area contributed by atoms with Gasteiger partial charge in [0.25, 0.3) is 11.8 Å². The number of hydrogen-bond donors (Lipinski definition) is 2. The summed E-state index contributed by atoms with van der Waals surface area (Å²) in [5.41, 5.74) is 13.4. The number of imidazole rings is 2. The minimum absolute atomic E-state index is 0.150. The van der Waals surface area contributed by atoms with E-state index in [-0.39, 0.29) is 11.8 Å². The summed E-state index contributed by atoms with van der Waals surface area (Å²) in [6.45, 7) is 9.07. The maximum absolute atomic E-state index is 12.6. The summed E-state index contributed by atoms with van der Waals surface area (Å²) in [4.78, 5) is 34.1. The number of amides is 2. The molecule has 6 aromatic carbocycles. The highest BCUT2D eigenvalue weighted by atomic mass is 35.5. The molecule has 0 saturated carbocycles. The second-order valence-corrected chi connectivity index (χ2v) is 14.6. The Kier molecular flexibility index (Phi) is 11.3. The summed E-state index contributed by atoms with van der Waals surface area (Å²) < 4.78 is 4.12. The van der Waals surface area contributed by atoms with E-state index in [0.717, 1.165) is 44.6 Å². The van der Waals surface area contributed by atoms with Gasteiger partial charge < -0.3 is 10.6 Å². The highest BCUT2D eigenvalue weighted by molar-refractivity contribution is 6.31. The van der Waals surface area contributed by atoms with Crippen molar-refractivity contribution >= 4 is 57.1 Å². The van der Waals surface area contributed by atoms with E-state index in [1.165, 1.54) is 22.3 Å². The molecule has 56 heavy (non-hydrogen) atoms. The third-order valence-corrected chi connectivity index (χ3v) is 10.4. The van der Waals surface area contributed by atoms with Gasteiger partial charge in [-0.1, -0.05) is 83.9 Å². The lowest BCUT2D eigenvalue weighted by Gasteiger charge is -2.10. The summed E-state index contributed by atoms with van der Waals surface area (Å²) in [5, 5.41) is 7.12. The molecule has 10 heteroatoms. The van der Waals surface area contributed by atoms with E-state index >= 15 is 0 Å². The van der Waals surface area contributed by atoms with Crippen LogP contribution in [0.2, 0.25) is 10.0 Å². The SMILES string of the molecule is Cc1ccc(C)c(-n2cnc3cc(C(=O)NCc4ccccc4Cl)ccc32)c1.Cc1ccc(C)c(-n2cnc3cc(C(=O)NCc4ccccc4Cl)ccc32)c1. The first kappa shape index (κ1) is 38.1. The topological polar surface area (TPSA) is 93.8 Å². The fourth-order valence-electron chi connectivity index (χ4n) is 6.49. The highest BCUT2D eigenvalue weighted by Crippen LogP contribution is 2.25. The van der Waals surface area contributed by atoms with Crippen LogP contribution in [0.15, 0.2) is 134 Å². The van der Waals surface area contributed by atoms with Gasteiger partial charge in [0.05, 0.1) is 33.4 Å². The van der Waals surface area contributed by atoms with Crippen molar-refractivity contribution in [1.29, 1.82) is 0 Å². The molecule has 0 unspecified atom stereocenters. The van der Waals surface area contributed by atoms with Gasteiger partial charge in [0.15, 0.2) is 0 Å². The van der Waals surface area contributed by atoms with E-state index in [1.807, 2.05) is 84.9 Å². The Morgan fingerprint density at radius 2 is 0.946 bits per heavy atom. The maximum atomic E-state index is 12.6. The van der Waals surface area contributed by atoms with E-state index in [2.05, 4.69) is 93.8 Å². The molecule has 2 amide bonds. The molecule has 0 aliphatic heterocycles. The van der Waals surface area contributed by atoms with Crippen LogP contribution in [0.25, 0.3) is 33.4 Å². The van der Waals surface area contributed by atoms with Crippen molar-refractivity contribution in [2.24, 2.45) is 0 Å². The molecule has 0 aliphatic rings. The fraction of sp³-hybridized carbons (Fsp3) is 0.130. The highest BCUT2D eigenvalue weighted by Gasteiger charge is 2.14. The van der Waals surface area contributed by atoms with Crippen molar-refractivity contribution in [3.05, 3.63) is 189 Å². The van der Waals surface area contributed by atoms with Gasteiger partial charge in [0, 0.05) is 34.3 Å². The summed E-state index contributed by atoms with van der Waals surface area (Å²) in [5.74, 6) is -0.300. The molecule has 8 rings (SSSR count). The standard InChI is InChI=1S/2C23H20ClN3O/c2*1-15-7-8-16(2)22(11-15)27-14-26-20-12-17(9-10-21(20)27)23(28)25-13-18-5-3-4-6-19(18)24/h2*3-12,14H,13H2,1-2H3,(H,25,28). The first-order chi connectivity index (χ1) is 27.0. The molecule has 0 fully saturated rings. The monoisotopic (exact) mass is 778 g/mol. The number of carbonyl (C=O) groups excluding carboxylic acids is 2. The molecular formula is C46H40Cl2N6O2. The van der Waals surface area contributed by atoms with E-state index in [9.17, 15) is 9.59 Å². The Hall–Kier alpha value is -6.22. The number of halogens is 2. The maximum Gasteiger partial charge on any atom is 0.251 e. The van der Waals surface area contributed by atoms with Gasteiger partial charge in [0.2, 0.25) is 0 Å². The van der Waals surface area contributed by atoms with Gasteiger partial charge in [-0.05, 0) is 122 Å². The van der Waals surface area contributed by atoms with Crippen molar-refractivity contribution in [2.75, 3.05) is 0 Å². The number of aromatic nitrogens is 4. The van der Waals surface area contributed by atoms with Crippen molar-refractivity contribution in [3.63, 3.8) is 0 Å². The zero-order chi connectivity index (χ0) is 39.3. The van der Waals surface area contributed by atoms with Gasteiger partial charge in [-0.25, -0.2) is 9.97 Å². The van der Waals surface area contributed by atoms with Crippen LogP contribution in [-0.2, 0) is 13.1 Å². The Morgan fingerprint density at radius 1 is 0.536 bits per heavy atom. The van der Waals surface area contributed by atoms with Gasteiger partial charge in [0.1, 0.15) is 12.7 Å². The van der Waals surface area contributed by atoms with Crippen LogP contribution in [0.1, 0.15) is 54.1 Å². The van der Waals surface area contributed by atoms with Gasteiger partial charge in [-0.15, -0.1) is 0 Å². The first-order valence-corrected chi connectivity index (χ1v) is 18.9. The summed E-state index contributed by atoms with van der Waals surface area (Å²) in [7, 11) is 0. The lowest BCUT2D eigenvalue weighted by molar-refractivity contribution is 0.0943. The van der Waals surface area contributed by atoms with Gasteiger partial charge >= 0.3 is 0 Å². The number of hydrogen-bond acceptors (Lipinski definition) is 4. The predicted molar refractivity (Wildman–Crippen MR) is 226 cm³/mol. The molecule has 0 spiro atoms. The number of nitrogens with one attached hydrogen (secondary N) is 2. The smallest absolute Gasteiger partial charge is 0.251 e. The van der Waals surface area contributed by atoms with Crippen LogP contribution in [0.5, 0.6) is 0 Å². The second-order valence-electron chi connectivity index (χ2n) is 13.8. The molecule has 0 saturated heterocycles. The predicted octanol–water partition coefficient (Wildman–Crippen LogP) is 10.5. The Morgan fingerprint density at radius 3 is 1.36 bits per heavy atom. The summed E-state index contributed by atoms with van der Waals surface area (Å²) >= 11 is 12.3. The molecule has 280 valence electrons. The largest absolute Gasteiger partial charge is 0.348 e. The van der Waals surface area contributed by atoms with Crippen LogP contribution in [0.3, 0.4) is 0 Å². The normalized spacial score (nSPS) is 11.0. The summed E-state index contributed by atoms with van der Waals surface area (Å²) in [6.07, 6.45) is 3.61. The van der Waals surface area contributed by atoms with Gasteiger partial charge in [-0.2, -0.15) is 0 Å². The van der Waals surface area contributed by atoms with E-state index < -0.39 is 0 Å². The van der Waals surface area contributed by atoms with Gasteiger partial charge in [-0.3, -0.25) is 18.7 Å². The number of nitrogens with zero attached hydrogens (tertiary/aromatic N) is 4. The van der Waals surface area contributed by atoms with Crippen molar-refractivity contribution < 1.29 is 9.59 Å². The molecule has 0 atom stereocenters. The Labute approximate surface area is 335 Å². The molecule has 0 radical (unpaired) electrons. The molecular weight excluding hydrogens is 739 g/mol. The minimum atomic E-state index is -0.150. The zero-order valence-electron chi connectivity index (χ0n) is 31.5.